The molecule has 1 fully saturated rings. The maximum Gasteiger partial charge on any atom is 0.154 e. The number of imidazole rings is 1. The molecule has 0 spiro atoms. The van der Waals surface area contributed by atoms with Crippen molar-refractivity contribution < 1.29 is 0 Å². The third kappa shape index (κ3) is 2.90. The number of nitrogens with one attached hydrogen (secondary N) is 1. The molecule has 1 aliphatic rings. The second-order valence-corrected chi connectivity index (χ2v) is 6.12. The van der Waals surface area contributed by atoms with Crippen LogP contribution in [0.5, 0.6) is 0 Å². The van der Waals surface area contributed by atoms with E-state index in [1.165, 1.54) is 0 Å². The molecule has 118 valence electrons. The molecule has 6 heteroatoms. The van der Waals surface area contributed by atoms with E-state index >= 15 is 0 Å². The monoisotopic (exact) mass is 308 g/mol. The second kappa shape index (κ2) is 5.96. The van der Waals surface area contributed by atoms with Crippen LogP contribution < -0.4 is 11.1 Å². The summed E-state index contributed by atoms with van der Waals surface area (Å²) in [5.41, 5.74) is 8.84. The van der Waals surface area contributed by atoms with Crippen molar-refractivity contribution in [2.24, 2.45) is 5.73 Å². The topological polar surface area (TPSA) is 81.1 Å². The van der Waals surface area contributed by atoms with Crippen molar-refractivity contribution in [2.75, 3.05) is 5.32 Å². The van der Waals surface area contributed by atoms with Crippen molar-refractivity contribution >= 4 is 11.5 Å². The normalized spacial score (nSPS) is 21.4. The summed E-state index contributed by atoms with van der Waals surface area (Å²) in [6.45, 7) is 0. The van der Waals surface area contributed by atoms with Gasteiger partial charge in [-0.05, 0) is 49.9 Å². The van der Waals surface area contributed by atoms with Gasteiger partial charge in [0.05, 0.1) is 11.9 Å². The maximum atomic E-state index is 5.97. The third-order valence-corrected chi connectivity index (χ3v) is 4.46. The van der Waals surface area contributed by atoms with E-state index in [1.54, 1.807) is 12.4 Å². The molecule has 0 atom stereocenters. The minimum absolute atomic E-state index is 0.357. The van der Waals surface area contributed by atoms with Gasteiger partial charge in [0.2, 0.25) is 0 Å². The van der Waals surface area contributed by atoms with Crippen LogP contribution in [0.15, 0.2) is 42.9 Å². The number of fused-ring (bicyclic) bond motifs is 1. The first kappa shape index (κ1) is 14.1. The smallest absolute Gasteiger partial charge is 0.154 e. The predicted molar refractivity (Wildman–Crippen MR) is 90.1 cm³/mol. The van der Waals surface area contributed by atoms with E-state index < -0.39 is 0 Å². The van der Waals surface area contributed by atoms with Crippen LogP contribution in [0.25, 0.3) is 16.9 Å². The van der Waals surface area contributed by atoms with Gasteiger partial charge >= 0.3 is 0 Å². The third-order valence-electron chi connectivity index (χ3n) is 4.46. The van der Waals surface area contributed by atoms with Gasteiger partial charge in [0, 0.05) is 30.0 Å². The average Bonchev–Trinajstić information content (AvgIpc) is 3.01. The van der Waals surface area contributed by atoms with Crippen molar-refractivity contribution in [2.45, 2.75) is 37.8 Å². The van der Waals surface area contributed by atoms with Crippen molar-refractivity contribution in [3.05, 3.63) is 42.9 Å². The average molecular weight is 308 g/mol. The Bertz CT molecular complexity index is 789. The van der Waals surface area contributed by atoms with E-state index in [1.807, 2.05) is 35.0 Å². The van der Waals surface area contributed by atoms with Crippen molar-refractivity contribution in [3.63, 3.8) is 0 Å². The molecule has 3 heterocycles. The van der Waals surface area contributed by atoms with Gasteiger partial charge in [-0.3, -0.25) is 4.98 Å². The Labute approximate surface area is 134 Å². The summed E-state index contributed by atoms with van der Waals surface area (Å²) < 4.78 is 1.88. The largest absolute Gasteiger partial charge is 0.366 e. The van der Waals surface area contributed by atoms with Gasteiger partial charge < -0.3 is 11.1 Å². The van der Waals surface area contributed by atoms with Gasteiger partial charge in [-0.25, -0.2) is 9.50 Å². The highest BCUT2D eigenvalue weighted by molar-refractivity contribution is 5.63. The van der Waals surface area contributed by atoms with Crippen molar-refractivity contribution in [1.29, 1.82) is 0 Å². The van der Waals surface area contributed by atoms with Crippen LogP contribution in [0.2, 0.25) is 0 Å². The van der Waals surface area contributed by atoms with Crippen LogP contribution in [0.3, 0.4) is 0 Å². The number of hydrogen-bond donors (Lipinski definition) is 2. The summed E-state index contributed by atoms with van der Waals surface area (Å²) in [6, 6.07) is 8.73. The molecule has 3 aromatic rings. The van der Waals surface area contributed by atoms with Crippen molar-refractivity contribution in [1.82, 2.24) is 19.6 Å². The summed E-state index contributed by atoms with van der Waals surface area (Å²) in [5.74, 6) is 0.881. The first-order valence-corrected chi connectivity index (χ1v) is 8.07. The Morgan fingerprint density at radius 2 is 1.83 bits per heavy atom. The van der Waals surface area contributed by atoms with E-state index in [4.69, 9.17) is 10.8 Å². The predicted octanol–water partition coefficient (Wildman–Crippen LogP) is 2.47. The lowest BCUT2D eigenvalue weighted by Gasteiger charge is -2.27. The molecule has 3 aromatic heterocycles. The van der Waals surface area contributed by atoms with Gasteiger partial charge in [-0.15, -0.1) is 5.10 Å². The molecule has 6 nitrogen and oxygen atoms in total. The van der Waals surface area contributed by atoms with Crippen LogP contribution in [0, 0.1) is 0 Å². The lowest BCUT2D eigenvalue weighted by atomic mass is 9.92. The highest BCUT2D eigenvalue weighted by Crippen LogP contribution is 2.22. The number of hydrogen-bond acceptors (Lipinski definition) is 5. The van der Waals surface area contributed by atoms with Crippen molar-refractivity contribution in [3.8, 4) is 11.3 Å². The van der Waals surface area contributed by atoms with E-state index in [-0.39, 0.29) is 0 Å². The minimum atomic E-state index is 0.357. The van der Waals surface area contributed by atoms with Crippen LogP contribution >= 0.6 is 0 Å². The highest BCUT2D eigenvalue weighted by Gasteiger charge is 2.19. The summed E-state index contributed by atoms with van der Waals surface area (Å²) in [4.78, 5) is 8.49. The lowest BCUT2D eigenvalue weighted by molar-refractivity contribution is 0.410. The molecule has 1 saturated carbocycles. The first-order valence-electron chi connectivity index (χ1n) is 8.07. The number of aromatic nitrogens is 4. The summed E-state index contributed by atoms with van der Waals surface area (Å²) in [5, 5.41) is 8.25. The standard InChI is InChI=1S/C17H20N6/c18-13-1-3-14(4-2-13)21-16-5-6-17-20-11-15(23(17)22-16)12-7-9-19-10-8-12/h5-11,13-14H,1-4,18H2,(H,21,22). The molecule has 0 radical (unpaired) electrons. The number of anilines is 1. The molecular formula is C17H20N6. The van der Waals surface area contributed by atoms with Crippen LogP contribution in [0.4, 0.5) is 5.82 Å². The Hall–Kier alpha value is -2.47. The molecule has 0 aromatic carbocycles. The van der Waals surface area contributed by atoms with Gasteiger partial charge in [-0.2, -0.15) is 0 Å². The molecule has 3 N–H and O–H groups in total. The zero-order valence-electron chi connectivity index (χ0n) is 12.9. The maximum absolute atomic E-state index is 5.97. The molecule has 1 aliphatic carbocycles. The molecule has 0 saturated heterocycles. The Kier molecular flexibility index (Phi) is 3.67. The fraction of sp³-hybridized carbons (Fsp3) is 0.353. The fourth-order valence-electron chi connectivity index (χ4n) is 3.14. The molecular weight excluding hydrogens is 288 g/mol. The number of pyridine rings is 1. The molecule has 0 amide bonds. The van der Waals surface area contributed by atoms with Gasteiger partial charge in [0.1, 0.15) is 5.82 Å². The van der Waals surface area contributed by atoms with E-state index in [9.17, 15) is 0 Å². The Morgan fingerprint density at radius 1 is 1.04 bits per heavy atom. The highest BCUT2D eigenvalue weighted by atomic mass is 15.3. The van der Waals surface area contributed by atoms with Gasteiger partial charge in [0.15, 0.2) is 5.65 Å². The van der Waals surface area contributed by atoms with E-state index in [0.29, 0.717) is 12.1 Å². The first-order chi connectivity index (χ1) is 11.3. The zero-order valence-corrected chi connectivity index (χ0v) is 12.9. The summed E-state index contributed by atoms with van der Waals surface area (Å²) in [7, 11) is 0. The van der Waals surface area contributed by atoms with Crippen LogP contribution in [-0.2, 0) is 0 Å². The van der Waals surface area contributed by atoms with Crippen LogP contribution in [0.1, 0.15) is 25.7 Å². The molecule has 0 bridgehead atoms. The number of nitrogens with two attached hydrogens (primary N) is 1. The van der Waals surface area contributed by atoms with Gasteiger partial charge in [0.25, 0.3) is 0 Å². The van der Waals surface area contributed by atoms with Gasteiger partial charge in [-0.1, -0.05) is 0 Å². The summed E-state index contributed by atoms with van der Waals surface area (Å²) >= 11 is 0. The Balaban J connectivity index is 1.62. The number of rotatable bonds is 3. The molecule has 4 rings (SSSR count). The fourth-order valence-corrected chi connectivity index (χ4v) is 3.14. The summed E-state index contributed by atoms with van der Waals surface area (Å²) in [6.07, 6.45) is 9.76. The minimum Gasteiger partial charge on any atom is -0.366 e. The quantitative estimate of drug-likeness (QED) is 0.777. The van der Waals surface area contributed by atoms with Crippen LogP contribution in [-0.4, -0.2) is 31.7 Å². The molecule has 23 heavy (non-hydrogen) atoms. The Morgan fingerprint density at radius 3 is 2.61 bits per heavy atom. The molecule has 0 unspecified atom stereocenters. The zero-order chi connectivity index (χ0) is 15.6. The second-order valence-electron chi connectivity index (χ2n) is 6.12. The van der Waals surface area contributed by atoms with E-state index in [2.05, 4.69) is 15.3 Å². The number of nitrogens with zero attached hydrogens (tertiary/aromatic N) is 4. The molecule has 0 aliphatic heterocycles. The van der Waals surface area contributed by atoms with E-state index in [0.717, 1.165) is 48.4 Å². The lowest BCUT2D eigenvalue weighted by Crippen LogP contribution is -2.33. The SMILES string of the molecule is NC1CCC(Nc2ccc3ncc(-c4ccncc4)n3n2)CC1.